The zero-order chi connectivity index (χ0) is 18.8. The molecule has 26 heavy (non-hydrogen) atoms. The van der Waals surface area contributed by atoms with E-state index in [1.165, 1.54) is 11.6 Å². The maximum absolute atomic E-state index is 11.1. The van der Waals surface area contributed by atoms with Gasteiger partial charge in [-0.25, -0.2) is 0 Å². The number of nitro benzene ring substituents is 1. The van der Waals surface area contributed by atoms with Gasteiger partial charge >= 0.3 is 0 Å². The lowest BCUT2D eigenvalue weighted by molar-refractivity contribution is -0.385. The molecular formula is C21H21N3O2. The highest BCUT2D eigenvalue weighted by atomic mass is 16.6. The van der Waals surface area contributed by atoms with Crippen LogP contribution in [0.25, 0.3) is 5.69 Å². The topological polar surface area (TPSA) is 60.4 Å². The number of aromatic nitrogens is 1. The minimum Gasteiger partial charge on any atom is -0.318 e. The molecule has 0 bridgehead atoms. The third-order valence-electron chi connectivity index (χ3n) is 4.50. The Morgan fingerprint density at radius 3 is 2.35 bits per heavy atom. The zero-order valence-electron chi connectivity index (χ0n) is 15.4. The van der Waals surface area contributed by atoms with E-state index in [-0.39, 0.29) is 10.6 Å². The highest BCUT2D eigenvalue weighted by Crippen LogP contribution is 2.25. The molecule has 0 fully saturated rings. The van der Waals surface area contributed by atoms with Gasteiger partial charge in [0.25, 0.3) is 5.69 Å². The monoisotopic (exact) mass is 347 g/mol. The number of nitro groups is 1. The van der Waals surface area contributed by atoms with Crippen LogP contribution < -0.4 is 0 Å². The van der Waals surface area contributed by atoms with Gasteiger partial charge in [-0.3, -0.25) is 15.1 Å². The zero-order valence-corrected chi connectivity index (χ0v) is 15.4. The first-order chi connectivity index (χ1) is 12.4. The first-order valence-electron chi connectivity index (χ1n) is 8.42. The number of benzene rings is 2. The van der Waals surface area contributed by atoms with Crippen molar-refractivity contribution in [2.45, 2.75) is 27.7 Å². The molecule has 2 aromatic carbocycles. The molecule has 0 amide bonds. The van der Waals surface area contributed by atoms with E-state index in [2.05, 4.69) is 53.7 Å². The normalized spacial score (nSPS) is 11.2. The van der Waals surface area contributed by atoms with Crippen LogP contribution in [-0.2, 0) is 0 Å². The van der Waals surface area contributed by atoms with Gasteiger partial charge in [-0.2, -0.15) is 0 Å². The number of rotatable bonds is 4. The fourth-order valence-corrected chi connectivity index (χ4v) is 3.03. The Labute approximate surface area is 152 Å². The largest absolute Gasteiger partial charge is 0.318 e. The molecule has 0 aliphatic heterocycles. The Kier molecular flexibility index (Phi) is 4.71. The third kappa shape index (κ3) is 3.42. The third-order valence-corrected chi connectivity index (χ3v) is 4.50. The smallest absolute Gasteiger partial charge is 0.274 e. The van der Waals surface area contributed by atoms with Gasteiger partial charge in [0, 0.05) is 40.5 Å². The number of aliphatic imine (C=N–C) groups is 1. The van der Waals surface area contributed by atoms with Gasteiger partial charge in [-0.15, -0.1) is 0 Å². The molecular weight excluding hydrogens is 326 g/mol. The highest BCUT2D eigenvalue weighted by molar-refractivity contribution is 5.84. The lowest BCUT2D eigenvalue weighted by Crippen LogP contribution is -1.99. The molecule has 0 radical (unpaired) electrons. The summed E-state index contributed by atoms with van der Waals surface area (Å²) in [6.07, 6.45) is 1.77. The summed E-state index contributed by atoms with van der Waals surface area (Å²) in [5.74, 6) is 0. The Hall–Kier alpha value is -3.21. The van der Waals surface area contributed by atoms with Gasteiger partial charge in [0.05, 0.1) is 10.6 Å². The van der Waals surface area contributed by atoms with Crippen LogP contribution in [0.1, 0.15) is 28.1 Å². The second-order valence-electron chi connectivity index (χ2n) is 6.48. The molecule has 132 valence electrons. The highest BCUT2D eigenvalue weighted by Gasteiger charge is 2.11. The van der Waals surface area contributed by atoms with E-state index in [0.29, 0.717) is 11.3 Å². The minimum atomic E-state index is -0.377. The molecule has 0 aliphatic carbocycles. The second-order valence-corrected chi connectivity index (χ2v) is 6.48. The summed E-state index contributed by atoms with van der Waals surface area (Å²) in [4.78, 5) is 15.1. The summed E-state index contributed by atoms with van der Waals surface area (Å²) in [7, 11) is 0. The molecule has 1 heterocycles. The molecule has 3 aromatic rings. The summed E-state index contributed by atoms with van der Waals surface area (Å²) in [6, 6.07) is 15.5. The van der Waals surface area contributed by atoms with Gasteiger partial charge in [-0.05, 0) is 52.0 Å². The van der Waals surface area contributed by atoms with Crippen LogP contribution in [0.3, 0.4) is 0 Å². The van der Waals surface area contributed by atoms with Crippen molar-refractivity contribution < 1.29 is 4.92 Å². The van der Waals surface area contributed by atoms with E-state index in [9.17, 15) is 10.1 Å². The van der Waals surface area contributed by atoms with E-state index in [0.717, 1.165) is 22.6 Å². The quantitative estimate of drug-likeness (QED) is 0.362. The van der Waals surface area contributed by atoms with E-state index in [1.807, 2.05) is 6.92 Å². The van der Waals surface area contributed by atoms with Crippen LogP contribution in [0.4, 0.5) is 11.4 Å². The van der Waals surface area contributed by atoms with E-state index in [4.69, 9.17) is 0 Å². The molecule has 0 saturated carbocycles. The minimum absolute atomic E-state index is 0.0878. The van der Waals surface area contributed by atoms with E-state index in [1.54, 1.807) is 25.3 Å². The lowest BCUT2D eigenvalue weighted by atomic mass is 10.2. The van der Waals surface area contributed by atoms with E-state index >= 15 is 0 Å². The summed E-state index contributed by atoms with van der Waals surface area (Å²) >= 11 is 0. The van der Waals surface area contributed by atoms with Crippen molar-refractivity contribution in [2.24, 2.45) is 4.99 Å². The summed E-state index contributed by atoms with van der Waals surface area (Å²) in [5, 5.41) is 11.1. The number of hydrogen-bond acceptors (Lipinski definition) is 3. The first-order valence-corrected chi connectivity index (χ1v) is 8.42. The van der Waals surface area contributed by atoms with Crippen molar-refractivity contribution in [3.63, 3.8) is 0 Å². The lowest BCUT2D eigenvalue weighted by Gasteiger charge is -2.09. The SMILES string of the molecule is Cc1ccc(-n2c(C)cc(C=Nc3ccc(C)c([N+](=O)[O-])c3)c2C)cc1. The molecule has 0 aliphatic rings. The van der Waals surface area contributed by atoms with Gasteiger partial charge in [0.15, 0.2) is 0 Å². The van der Waals surface area contributed by atoms with Gasteiger partial charge < -0.3 is 4.57 Å². The van der Waals surface area contributed by atoms with Crippen molar-refractivity contribution in [1.82, 2.24) is 4.57 Å². The molecule has 3 rings (SSSR count). The molecule has 5 heteroatoms. The number of aryl methyl sites for hydroxylation is 3. The average Bonchev–Trinajstić information content (AvgIpc) is 2.89. The molecule has 0 N–H and O–H groups in total. The predicted octanol–water partition coefficient (Wildman–Crippen LogP) is 5.37. The van der Waals surface area contributed by atoms with Crippen LogP contribution >= 0.6 is 0 Å². The Balaban J connectivity index is 1.95. The second kappa shape index (κ2) is 6.96. The van der Waals surface area contributed by atoms with Crippen molar-refractivity contribution >= 4 is 17.6 Å². The number of nitrogens with zero attached hydrogens (tertiary/aromatic N) is 3. The van der Waals surface area contributed by atoms with Gasteiger partial charge in [-0.1, -0.05) is 23.8 Å². The Bertz CT molecular complexity index is 999. The van der Waals surface area contributed by atoms with Crippen LogP contribution in [0.15, 0.2) is 53.5 Å². The van der Waals surface area contributed by atoms with Crippen molar-refractivity contribution in [1.29, 1.82) is 0 Å². The summed E-state index contributed by atoms with van der Waals surface area (Å²) < 4.78 is 2.18. The van der Waals surface area contributed by atoms with Crippen molar-refractivity contribution in [2.75, 3.05) is 0 Å². The predicted molar refractivity (Wildman–Crippen MR) is 105 cm³/mol. The van der Waals surface area contributed by atoms with Crippen molar-refractivity contribution in [3.8, 4) is 5.69 Å². The summed E-state index contributed by atoms with van der Waals surface area (Å²) in [5.41, 5.74) is 6.81. The molecule has 0 unspecified atom stereocenters. The van der Waals surface area contributed by atoms with Gasteiger partial charge in [0.2, 0.25) is 0 Å². The number of hydrogen-bond donors (Lipinski definition) is 0. The molecule has 1 aromatic heterocycles. The standard InChI is InChI=1S/C21H21N3O2/c1-14-5-9-20(10-6-14)23-16(3)11-18(17(23)4)13-22-19-8-7-15(2)21(12-19)24(25)26/h5-13H,1-4H3. The maximum Gasteiger partial charge on any atom is 0.274 e. The van der Waals surface area contributed by atoms with Crippen LogP contribution in [0, 0.1) is 37.8 Å². The molecule has 0 spiro atoms. The molecule has 0 saturated heterocycles. The van der Waals surface area contributed by atoms with Crippen LogP contribution in [0.5, 0.6) is 0 Å². The van der Waals surface area contributed by atoms with Crippen LogP contribution in [0.2, 0.25) is 0 Å². The Morgan fingerprint density at radius 1 is 1.00 bits per heavy atom. The maximum atomic E-state index is 11.1. The molecule has 5 nitrogen and oxygen atoms in total. The fourth-order valence-electron chi connectivity index (χ4n) is 3.03. The van der Waals surface area contributed by atoms with E-state index < -0.39 is 0 Å². The summed E-state index contributed by atoms with van der Waals surface area (Å²) in [6.45, 7) is 7.89. The molecule has 0 atom stereocenters. The fraction of sp³-hybridized carbons (Fsp3) is 0.190. The van der Waals surface area contributed by atoms with Crippen LogP contribution in [-0.4, -0.2) is 15.7 Å². The average molecular weight is 347 g/mol. The van der Waals surface area contributed by atoms with Gasteiger partial charge in [0.1, 0.15) is 0 Å². The van der Waals surface area contributed by atoms with Crippen molar-refractivity contribution in [3.05, 3.63) is 86.7 Å². The Morgan fingerprint density at radius 2 is 1.69 bits per heavy atom. The first kappa shape index (κ1) is 17.6.